The first kappa shape index (κ1) is 15.6. The van der Waals surface area contributed by atoms with E-state index < -0.39 is 0 Å². The molecule has 3 nitrogen and oxygen atoms in total. The fraction of sp³-hybridized carbons (Fsp3) is 0.400. The molecule has 0 atom stereocenters. The van der Waals surface area contributed by atoms with Crippen LogP contribution in [0.4, 0.5) is 11.4 Å². The summed E-state index contributed by atoms with van der Waals surface area (Å²) in [6.07, 6.45) is 6.60. The number of carbonyl (C=O) groups is 1. The van der Waals surface area contributed by atoms with Gasteiger partial charge in [0, 0.05) is 17.6 Å². The van der Waals surface area contributed by atoms with Gasteiger partial charge in [0.1, 0.15) is 5.69 Å². The first-order chi connectivity index (χ1) is 11.5. The van der Waals surface area contributed by atoms with Gasteiger partial charge < -0.3 is 5.32 Å². The highest BCUT2D eigenvalue weighted by atomic mass is 35.5. The van der Waals surface area contributed by atoms with Gasteiger partial charge in [-0.25, -0.2) is 0 Å². The van der Waals surface area contributed by atoms with Crippen LogP contribution in [0.5, 0.6) is 0 Å². The van der Waals surface area contributed by atoms with Crippen LogP contribution >= 0.6 is 11.6 Å². The highest BCUT2D eigenvalue weighted by Crippen LogP contribution is 2.52. The summed E-state index contributed by atoms with van der Waals surface area (Å²) in [7, 11) is 0. The molecule has 2 aromatic rings. The van der Waals surface area contributed by atoms with Gasteiger partial charge in [0.15, 0.2) is 5.78 Å². The van der Waals surface area contributed by atoms with Crippen LogP contribution in [-0.4, -0.2) is 10.8 Å². The van der Waals surface area contributed by atoms with Crippen molar-refractivity contribution in [3.8, 4) is 0 Å². The van der Waals surface area contributed by atoms with Gasteiger partial charge in [0.25, 0.3) is 0 Å². The summed E-state index contributed by atoms with van der Waals surface area (Å²) in [6, 6.07) is 6.00. The van der Waals surface area contributed by atoms with Crippen molar-refractivity contribution in [2.45, 2.75) is 51.4 Å². The third kappa shape index (κ3) is 2.51. The Bertz CT molecular complexity index is 823. The van der Waals surface area contributed by atoms with Crippen LogP contribution in [0.25, 0.3) is 0 Å². The Balaban J connectivity index is 1.81. The maximum Gasteiger partial charge on any atom is 0.178 e. The molecule has 0 amide bonds. The third-order valence-corrected chi connectivity index (χ3v) is 5.89. The number of aryl methyl sites for hydroxylation is 1. The average molecular weight is 341 g/mol. The fourth-order valence-electron chi connectivity index (χ4n) is 4.27. The molecule has 3 aliphatic rings. The lowest BCUT2D eigenvalue weighted by atomic mass is 9.66. The molecule has 1 N–H and O–H groups in total. The number of nitrogens with one attached hydrogen (secondary N) is 1. The van der Waals surface area contributed by atoms with Crippen LogP contribution in [0.3, 0.4) is 0 Å². The minimum Gasteiger partial charge on any atom is -0.354 e. The van der Waals surface area contributed by atoms with Gasteiger partial charge in [-0.15, -0.1) is 0 Å². The molecule has 0 unspecified atom stereocenters. The second-order valence-corrected chi connectivity index (χ2v) is 7.45. The maximum absolute atomic E-state index is 12.0. The highest BCUT2D eigenvalue weighted by molar-refractivity contribution is 6.31. The van der Waals surface area contributed by atoms with Crippen molar-refractivity contribution < 1.29 is 4.79 Å². The van der Waals surface area contributed by atoms with E-state index in [0.717, 1.165) is 22.0 Å². The zero-order chi connectivity index (χ0) is 16.8. The summed E-state index contributed by atoms with van der Waals surface area (Å²) >= 11 is 6.25. The van der Waals surface area contributed by atoms with Crippen molar-refractivity contribution in [3.05, 3.63) is 51.8 Å². The molecule has 1 heterocycles. The zero-order valence-electron chi connectivity index (χ0n) is 14.0. The molecular formula is C20H21ClN2O. The van der Waals surface area contributed by atoms with E-state index in [2.05, 4.69) is 10.3 Å². The minimum atomic E-state index is 0.0729. The lowest BCUT2D eigenvalue weighted by Gasteiger charge is -2.40. The van der Waals surface area contributed by atoms with Crippen LogP contribution in [0.15, 0.2) is 24.4 Å². The van der Waals surface area contributed by atoms with Gasteiger partial charge in [0.05, 0.1) is 11.9 Å². The number of fused-ring (bicyclic) bond motifs is 2. The summed E-state index contributed by atoms with van der Waals surface area (Å²) < 4.78 is 0. The summed E-state index contributed by atoms with van der Waals surface area (Å²) in [4.78, 5) is 16.5. The molecule has 0 radical (unpaired) electrons. The van der Waals surface area contributed by atoms with Gasteiger partial charge in [-0.05, 0) is 73.3 Å². The van der Waals surface area contributed by atoms with Crippen molar-refractivity contribution in [2.24, 2.45) is 0 Å². The topological polar surface area (TPSA) is 42.0 Å². The van der Waals surface area contributed by atoms with E-state index in [0.29, 0.717) is 17.5 Å². The van der Waals surface area contributed by atoms with E-state index in [9.17, 15) is 4.79 Å². The molecule has 1 aromatic carbocycles. The van der Waals surface area contributed by atoms with Gasteiger partial charge in [0.2, 0.25) is 0 Å². The first-order valence-electron chi connectivity index (χ1n) is 8.61. The standard InChI is InChI=1S/C20H21ClN2O/c1-11-3-8-15(9-16(11)21)23-17-10-22-20(12(2)24)19-14-6-4-13(5-7-14)18(17)19/h3,8-10,13-14,23H,4-7H2,1-2H3. The Morgan fingerprint density at radius 1 is 1.17 bits per heavy atom. The number of benzene rings is 1. The summed E-state index contributed by atoms with van der Waals surface area (Å²) in [6.45, 7) is 3.62. The second-order valence-electron chi connectivity index (χ2n) is 7.04. The van der Waals surface area contributed by atoms with Gasteiger partial charge in [-0.2, -0.15) is 0 Å². The number of nitrogens with zero attached hydrogens (tertiary/aromatic N) is 1. The fourth-order valence-corrected chi connectivity index (χ4v) is 4.45. The van der Waals surface area contributed by atoms with E-state index in [4.69, 9.17) is 11.6 Å². The quantitative estimate of drug-likeness (QED) is 0.724. The molecule has 2 bridgehead atoms. The lowest BCUT2D eigenvalue weighted by molar-refractivity contribution is 0.101. The molecule has 4 heteroatoms. The highest BCUT2D eigenvalue weighted by Gasteiger charge is 2.37. The molecule has 1 saturated carbocycles. The molecule has 0 spiro atoms. The number of aromatic nitrogens is 1. The van der Waals surface area contributed by atoms with Crippen molar-refractivity contribution in [3.63, 3.8) is 0 Å². The van der Waals surface area contributed by atoms with Crippen LogP contribution in [0.1, 0.15) is 71.6 Å². The lowest BCUT2D eigenvalue weighted by Crippen LogP contribution is -2.26. The Morgan fingerprint density at radius 2 is 1.83 bits per heavy atom. The Morgan fingerprint density at radius 3 is 2.46 bits per heavy atom. The number of halogens is 1. The SMILES string of the molecule is CC(=O)c1ncc(Nc2ccc(C)c(Cl)c2)c2c1C1CCC2CC1. The number of anilines is 2. The van der Waals surface area contributed by atoms with Gasteiger partial charge >= 0.3 is 0 Å². The molecule has 5 rings (SSSR count). The number of carbonyl (C=O) groups excluding carboxylic acids is 1. The van der Waals surface area contributed by atoms with Gasteiger partial charge in [-0.3, -0.25) is 9.78 Å². The van der Waals surface area contributed by atoms with Crippen LogP contribution in [-0.2, 0) is 0 Å². The van der Waals surface area contributed by atoms with E-state index in [1.54, 1.807) is 6.92 Å². The van der Waals surface area contributed by atoms with E-state index >= 15 is 0 Å². The summed E-state index contributed by atoms with van der Waals surface area (Å²) in [5, 5.41) is 4.25. The second kappa shape index (κ2) is 5.89. The maximum atomic E-state index is 12.0. The molecule has 24 heavy (non-hydrogen) atoms. The monoisotopic (exact) mass is 340 g/mol. The van der Waals surface area contributed by atoms with Crippen LogP contribution in [0, 0.1) is 6.92 Å². The molecule has 0 aliphatic heterocycles. The van der Waals surface area contributed by atoms with Crippen LogP contribution in [0.2, 0.25) is 5.02 Å². The van der Waals surface area contributed by atoms with E-state index in [1.165, 1.54) is 36.8 Å². The number of hydrogen-bond donors (Lipinski definition) is 1. The molecular weight excluding hydrogens is 320 g/mol. The smallest absolute Gasteiger partial charge is 0.178 e. The minimum absolute atomic E-state index is 0.0729. The Hall–Kier alpha value is -1.87. The van der Waals surface area contributed by atoms with Crippen molar-refractivity contribution >= 4 is 28.8 Å². The molecule has 0 saturated heterocycles. The normalized spacial score (nSPS) is 21.5. The van der Waals surface area contributed by atoms with Crippen molar-refractivity contribution in [1.29, 1.82) is 0 Å². The Kier molecular flexibility index (Phi) is 3.84. The number of ketones is 1. The molecule has 124 valence electrons. The number of pyridine rings is 1. The number of rotatable bonds is 3. The van der Waals surface area contributed by atoms with Crippen molar-refractivity contribution in [1.82, 2.24) is 4.98 Å². The number of hydrogen-bond acceptors (Lipinski definition) is 3. The zero-order valence-corrected chi connectivity index (χ0v) is 14.8. The largest absolute Gasteiger partial charge is 0.354 e. The first-order valence-corrected chi connectivity index (χ1v) is 8.99. The van der Waals surface area contributed by atoms with Gasteiger partial charge in [-0.1, -0.05) is 17.7 Å². The summed E-state index contributed by atoms with van der Waals surface area (Å²) in [5.41, 5.74) is 6.25. The van der Waals surface area contributed by atoms with E-state index in [1.807, 2.05) is 31.3 Å². The van der Waals surface area contributed by atoms with Crippen LogP contribution < -0.4 is 5.32 Å². The Labute approximate surface area is 147 Å². The molecule has 3 aliphatic carbocycles. The number of Topliss-reactive ketones (excluding diaryl/α,β-unsaturated/α-hetero) is 1. The predicted octanol–water partition coefficient (Wildman–Crippen LogP) is 5.74. The molecule has 1 aromatic heterocycles. The molecule has 1 fully saturated rings. The van der Waals surface area contributed by atoms with Crippen molar-refractivity contribution in [2.75, 3.05) is 5.32 Å². The summed E-state index contributed by atoms with van der Waals surface area (Å²) in [5.74, 6) is 1.10. The average Bonchev–Trinajstić information content (AvgIpc) is 2.59. The van der Waals surface area contributed by atoms with E-state index in [-0.39, 0.29) is 5.78 Å². The predicted molar refractivity (Wildman–Crippen MR) is 97.7 cm³/mol. The third-order valence-electron chi connectivity index (χ3n) is 5.49.